The number of fused-ring (bicyclic) bond motifs is 1. The predicted octanol–water partition coefficient (Wildman–Crippen LogP) is 3.93. The van der Waals surface area contributed by atoms with Crippen LogP contribution in [0.5, 0.6) is 0 Å². The van der Waals surface area contributed by atoms with Crippen LogP contribution >= 0.6 is 0 Å². The molecule has 0 radical (unpaired) electrons. The summed E-state index contributed by atoms with van der Waals surface area (Å²) in [4.78, 5) is 12.7. The van der Waals surface area contributed by atoms with Gasteiger partial charge in [-0.25, -0.2) is 0 Å². The van der Waals surface area contributed by atoms with Gasteiger partial charge in [-0.3, -0.25) is 4.79 Å². The molecule has 138 valence electrons. The lowest BCUT2D eigenvalue weighted by Gasteiger charge is -2.15. The number of rotatable bonds is 9. The number of nitrogens with zero attached hydrogens (tertiary/aromatic N) is 2. The molecule has 2 aliphatic carbocycles. The molecule has 1 heterocycles. The fourth-order valence-corrected chi connectivity index (χ4v) is 3.31. The quantitative estimate of drug-likeness (QED) is 0.717. The van der Waals surface area contributed by atoms with E-state index in [4.69, 9.17) is 0 Å². The molecular formula is C21H28N4O. The molecule has 0 atom stereocenters. The molecule has 5 nitrogen and oxygen atoms in total. The molecule has 2 fully saturated rings. The second-order valence-corrected chi connectivity index (χ2v) is 7.82. The normalized spacial score (nSPS) is 16.7. The van der Waals surface area contributed by atoms with E-state index in [0.717, 1.165) is 54.9 Å². The Balaban J connectivity index is 1.66. The first-order chi connectivity index (χ1) is 12.8. The lowest BCUT2D eigenvalue weighted by molar-refractivity contribution is 0.0947. The molecule has 1 aromatic carbocycles. The van der Waals surface area contributed by atoms with Gasteiger partial charge in [0.25, 0.3) is 5.91 Å². The molecular weight excluding hydrogens is 324 g/mol. The van der Waals surface area contributed by atoms with Crippen LogP contribution in [0.25, 0.3) is 10.9 Å². The minimum absolute atomic E-state index is 0.108. The molecule has 5 heteroatoms. The average molecular weight is 352 g/mol. The second kappa shape index (κ2) is 7.60. The Morgan fingerprint density at radius 2 is 1.88 bits per heavy atom. The number of hydrogen-bond donors (Lipinski definition) is 2. The van der Waals surface area contributed by atoms with E-state index in [9.17, 15) is 4.79 Å². The van der Waals surface area contributed by atoms with Crippen molar-refractivity contribution < 1.29 is 4.79 Å². The van der Waals surface area contributed by atoms with Crippen LogP contribution in [0, 0.1) is 11.8 Å². The molecule has 0 saturated heterocycles. The molecule has 4 rings (SSSR count). The van der Waals surface area contributed by atoms with E-state index in [1.54, 1.807) is 0 Å². The van der Waals surface area contributed by atoms with Gasteiger partial charge in [-0.15, -0.1) is 10.2 Å². The highest BCUT2D eigenvalue weighted by Gasteiger charge is 2.26. The van der Waals surface area contributed by atoms with Crippen molar-refractivity contribution in [2.24, 2.45) is 11.8 Å². The van der Waals surface area contributed by atoms with Gasteiger partial charge >= 0.3 is 0 Å². The lowest BCUT2D eigenvalue weighted by atomic mass is 10.0. The van der Waals surface area contributed by atoms with Crippen molar-refractivity contribution in [2.45, 2.75) is 51.9 Å². The maximum Gasteiger partial charge on any atom is 0.274 e. The average Bonchev–Trinajstić information content (AvgIpc) is 3.56. The molecule has 0 aliphatic heterocycles. The first kappa shape index (κ1) is 17.3. The van der Waals surface area contributed by atoms with E-state index < -0.39 is 0 Å². The van der Waals surface area contributed by atoms with Gasteiger partial charge in [0.2, 0.25) is 0 Å². The highest BCUT2D eigenvalue weighted by molar-refractivity contribution is 6.05. The van der Waals surface area contributed by atoms with E-state index in [2.05, 4.69) is 46.0 Å². The molecule has 0 unspecified atom stereocenters. The summed E-state index contributed by atoms with van der Waals surface area (Å²) in [5.41, 5.74) is 3.44. The Hall–Kier alpha value is -2.17. The van der Waals surface area contributed by atoms with Crippen molar-refractivity contribution in [1.29, 1.82) is 0 Å². The number of carbonyl (C=O) groups excluding carboxylic acids is 1. The number of unbranched alkanes of at least 4 members (excludes halogenated alkanes) is 1. The molecule has 26 heavy (non-hydrogen) atoms. The number of anilines is 1. The van der Waals surface area contributed by atoms with Gasteiger partial charge in [0.15, 0.2) is 5.69 Å². The number of nitrogens with one attached hydrogen (secondary N) is 2. The number of benzene rings is 1. The van der Waals surface area contributed by atoms with Crippen molar-refractivity contribution in [3.05, 3.63) is 29.5 Å². The maximum absolute atomic E-state index is 12.7. The Bertz CT molecular complexity index is 796. The molecule has 1 aromatic heterocycles. The summed E-state index contributed by atoms with van der Waals surface area (Å²) in [6, 6.07) is 6.26. The summed E-state index contributed by atoms with van der Waals surface area (Å²) in [7, 11) is 0. The lowest BCUT2D eigenvalue weighted by Crippen LogP contribution is -2.28. The zero-order chi connectivity index (χ0) is 17.9. The van der Waals surface area contributed by atoms with Crippen LogP contribution in [0.2, 0.25) is 0 Å². The first-order valence-corrected chi connectivity index (χ1v) is 10.1. The van der Waals surface area contributed by atoms with Crippen LogP contribution in [0.1, 0.15) is 61.5 Å². The summed E-state index contributed by atoms with van der Waals surface area (Å²) in [5, 5.41) is 16.4. The van der Waals surface area contributed by atoms with Gasteiger partial charge < -0.3 is 10.6 Å². The van der Waals surface area contributed by atoms with E-state index in [1.807, 2.05) is 0 Å². The third kappa shape index (κ3) is 3.97. The Morgan fingerprint density at radius 1 is 1.12 bits per heavy atom. The van der Waals surface area contributed by atoms with E-state index in [-0.39, 0.29) is 5.91 Å². The van der Waals surface area contributed by atoms with Crippen LogP contribution < -0.4 is 10.6 Å². The van der Waals surface area contributed by atoms with Crippen LogP contribution in [0.4, 0.5) is 5.69 Å². The number of aromatic nitrogens is 2. The minimum atomic E-state index is -0.108. The van der Waals surface area contributed by atoms with Crippen LogP contribution in [0.3, 0.4) is 0 Å². The van der Waals surface area contributed by atoms with Crippen molar-refractivity contribution in [1.82, 2.24) is 15.5 Å². The van der Waals surface area contributed by atoms with Crippen LogP contribution in [-0.4, -0.2) is 29.2 Å². The summed E-state index contributed by atoms with van der Waals surface area (Å²) >= 11 is 0. The van der Waals surface area contributed by atoms with Crippen molar-refractivity contribution in [2.75, 3.05) is 18.4 Å². The number of amides is 1. The van der Waals surface area contributed by atoms with Crippen LogP contribution in [0.15, 0.2) is 18.2 Å². The number of hydrogen-bond acceptors (Lipinski definition) is 4. The van der Waals surface area contributed by atoms with Gasteiger partial charge in [-0.2, -0.15) is 0 Å². The smallest absolute Gasteiger partial charge is 0.274 e. The van der Waals surface area contributed by atoms with Gasteiger partial charge in [0, 0.05) is 18.5 Å². The van der Waals surface area contributed by atoms with E-state index in [0.29, 0.717) is 11.6 Å². The minimum Gasteiger partial charge on any atom is -0.382 e. The molecule has 1 amide bonds. The maximum atomic E-state index is 12.7. The topological polar surface area (TPSA) is 66.9 Å². The highest BCUT2D eigenvalue weighted by atomic mass is 16.1. The third-order valence-electron chi connectivity index (χ3n) is 5.40. The van der Waals surface area contributed by atoms with Crippen molar-refractivity contribution >= 4 is 22.5 Å². The Kier molecular flexibility index (Phi) is 5.05. The van der Waals surface area contributed by atoms with Crippen LogP contribution in [-0.2, 0) is 6.42 Å². The van der Waals surface area contributed by atoms with Gasteiger partial charge in [-0.1, -0.05) is 31.5 Å². The molecule has 2 N–H and O–H groups in total. The molecule has 2 aromatic rings. The fraction of sp³-hybridized carbons (Fsp3) is 0.571. The SMILES string of the molecule is CCCCc1cccc2c(NCC3CC3)c(C(=O)NCC3CC3)nnc12. The zero-order valence-electron chi connectivity index (χ0n) is 15.6. The van der Waals surface area contributed by atoms with E-state index in [1.165, 1.54) is 31.2 Å². The number of aryl methyl sites for hydroxylation is 1. The largest absolute Gasteiger partial charge is 0.382 e. The summed E-state index contributed by atoms with van der Waals surface area (Å²) in [6.45, 7) is 3.85. The third-order valence-corrected chi connectivity index (χ3v) is 5.40. The molecule has 0 spiro atoms. The molecule has 2 saturated carbocycles. The summed E-state index contributed by atoms with van der Waals surface area (Å²) in [5.74, 6) is 1.27. The molecule has 2 aliphatic rings. The first-order valence-electron chi connectivity index (χ1n) is 10.1. The monoisotopic (exact) mass is 352 g/mol. The second-order valence-electron chi connectivity index (χ2n) is 7.82. The standard InChI is InChI=1S/C21H28N4O/c1-2-3-5-16-6-4-7-17-18(16)24-25-20(19(17)22-12-14-8-9-14)21(26)23-13-15-10-11-15/h4,6-7,14-15H,2-3,5,8-13H2,1H3,(H,22,24)(H,23,26). The number of carbonyl (C=O) groups is 1. The van der Waals surface area contributed by atoms with E-state index >= 15 is 0 Å². The summed E-state index contributed by atoms with van der Waals surface area (Å²) in [6.07, 6.45) is 8.27. The fourth-order valence-electron chi connectivity index (χ4n) is 3.31. The predicted molar refractivity (Wildman–Crippen MR) is 104 cm³/mol. The van der Waals surface area contributed by atoms with Gasteiger partial charge in [-0.05, 0) is 55.9 Å². The van der Waals surface area contributed by atoms with Gasteiger partial charge in [0.1, 0.15) is 0 Å². The highest BCUT2D eigenvalue weighted by Crippen LogP contribution is 2.32. The van der Waals surface area contributed by atoms with Crippen molar-refractivity contribution in [3.63, 3.8) is 0 Å². The Labute approximate surface area is 155 Å². The van der Waals surface area contributed by atoms with Crippen molar-refractivity contribution in [3.8, 4) is 0 Å². The summed E-state index contributed by atoms with van der Waals surface area (Å²) < 4.78 is 0. The zero-order valence-corrected chi connectivity index (χ0v) is 15.6. The Morgan fingerprint density at radius 3 is 2.62 bits per heavy atom. The molecule has 0 bridgehead atoms. The van der Waals surface area contributed by atoms with Gasteiger partial charge in [0.05, 0.1) is 11.2 Å².